The summed E-state index contributed by atoms with van der Waals surface area (Å²) in [6, 6.07) is 16.5. The van der Waals surface area contributed by atoms with Gasteiger partial charge in [-0.3, -0.25) is 14.6 Å². The molecule has 1 aliphatic carbocycles. The van der Waals surface area contributed by atoms with Crippen LogP contribution in [0.2, 0.25) is 0 Å². The van der Waals surface area contributed by atoms with Crippen LogP contribution in [-0.4, -0.2) is 50.0 Å². The summed E-state index contributed by atoms with van der Waals surface area (Å²) in [5, 5.41) is 20.0. The minimum atomic E-state index is -0.734. The zero-order valence-corrected chi connectivity index (χ0v) is 22.5. The van der Waals surface area contributed by atoms with Crippen molar-refractivity contribution in [1.29, 1.82) is 0 Å². The molecule has 4 aromatic rings. The summed E-state index contributed by atoms with van der Waals surface area (Å²) in [7, 11) is 0. The van der Waals surface area contributed by atoms with Crippen LogP contribution in [0.25, 0.3) is 22.5 Å². The summed E-state index contributed by atoms with van der Waals surface area (Å²) in [6.45, 7) is 2.70. The molecule has 10 nitrogen and oxygen atoms in total. The largest absolute Gasteiger partial charge is 0.344 e. The summed E-state index contributed by atoms with van der Waals surface area (Å²) in [6.07, 6.45) is 7.45. The number of hydrogen-bond acceptors (Lipinski definition) is 7. The minimum Gasteiger partial charge on any atom is -0.344 e. The van der Waals surface area contributed by atoms with Crippen molar-refractivity contribution < 1.29 is 9.59 Å². The van der Waals surface area contributed by atoms with Gasteiger partial charge in [-0.25, -0.2) is 0 Å². The number of tetrazole rings is 1. The number of aryl methyl sites for hydroxylation is 1. The van der Waals surface area contributed by atoms with E-state index in [1.807, 2.05) is 48.7 Å². The van der Waals surface area contributed by atoms with Gasteiger partial charge in [0.1, 0.15) is 6.04 Å². The fourth-order valence-corrected chi connectivity index (χ4v) is 5.20. The summed E-state index contributed by atoms with van der Waals surface area (Å²) in [5.74, 6) is 0.482. The normalized spacial score (nSPS) is 17.6. The molecule has 2 aromatic heterocycles. The number of hydrogen-bond donors (Lipinski definition) is 4. The maximum atomic E-state index is 13.5. The maximum Gasteiger partial charge on any atom is 0.247 e. The second kappa shape index (κ2) is 12.6. The van der Waals surface area contributed by atoms with Gasteiger partial charge in [0.25, 0.3) is 0 Å². The van der Waals surface area contributed by atoms with E-state index < -0.39 is 6.04 Å². The quantitative estimate of drug-likeness (QED) is 0.254. The van der Waals surface area contributed by atoms with Gasteiger partial charge in [0.05, 0.1) is 0 Å². The highest BCUT2D eigenvalue weighted by Crippen LogP contribution is 2.29. The van der Waals surface area contributed by atoms with Crippen LogP contribution in [0.3, 0.4) is 0 Å². The third kappa shape index (κ3) is 6.58. The van der Waals surface area contributed by atoms with Gasteiger partial charge in [0, 0.05) is 41.5 Å². The lowest BCUT2D eigenvalue weighted by Gasteiger charge is -2.28. The summed E-state index contributed by atoms with van der Waals surface area (Å²) in [5.41, 5.74) is 11.4. The van der Waals surface area contributed by atoms with Gasteiger partial charge in [0.2, 0.25) is 17.6 Å². The third-order valence-corrected chi connectivity index (χ3v) is 7.68. The van der Waals surface area contributed by atoms with E-state index in [0.717, 1.165) is 53.5 Å². The summed E-state index contributed by atoms with van der Waals surface area (Å²) in [4.78, 5) is 31.0. The van der Waals surface area contributed by atoms with Crippen molar-refractivity contribution in [2.45, 2.75) is 45.1 Å². The minimum absolute atomic E-state index is 0.0781. The summed E-state index contributed by atoms with van der Waals surface area (Å²) < 4.78 is 0. The van der Waals surface area contributed by atoms with E-state index in [-0.39, 0.29) is 17.7 Å². The first kappa shape index (κ1) is 27.1. The molecular formula is C30H34N8O2. The number of anilines is 1. The van der Waals surface area contributed by atoms with Gasteiger partial charge in [-0.1, -0.05) is 24.3 Å². The predicted octanol–water partition coefficient (Wildman–Crippen LogP) is 3.67. The van der Waals surface area contributed by atoms with Crippen LogP contribution in [0.15, 0.2) is 67.0 Å². The topological polar surface area (TPSA) is 152 Å². The monoisotopic (exact) mass is 538 g/mol. The van der Waals surface area contributed by atoms with Crippen molar-refractivity contribution in [2.75, 3.05) is 11.9 Å². The molecule has 5 rings (SSSR count). The molecular weight excluding hydrogens is 504 g/mol. The molecule has 1 atom stereocenters. The molecule has 206 valence electrons. The van der Waals surface area contributed by atoms with Crippen molar-refractivity contribution in [3.8, 4) is 22.5 Å². The maximum absolute atomic E-state index is 13.5. The highest BCUT2D eigenvalue weighted by atomic mass is 16.2. The van der Waals surface area contributed by atoms with Crippen LogP contribution in [0.4, 0.5) is 5.69 Å². The van der Waals surface area contributed by atoms with Crippen molar-refractivity contribution in [1.82, 2.24) is 30.9 Å². The van der Waals surface area contributed by atoms with E-state index in [2.05, 4.69) is 43.2 Å². The number of benzene rings is 2. The van der Waals surface area contributed by atoms with Crippen molar-refractivity contribution >= 4 is 17.5 Å². The molecule has 2 amide bonds. The number of carbonyl (C=O) groups excluding carboxylic acids is 2. The lowest BCUT2D eigenvalue weighted by Crippen LogP contribution is -2.48. The standard InChI is InChI=1S/C30H34N8O2/c1-19-14-15-32-18-26(19)22-6-2-20(3-7-22)16-27(34-29(39)24-8-4-21(17-31)5-9-24)30(40)33-25-12-10-23(11-13-25)28-35-37-38-36-28/h2-3,6-7,10-15,18,21,24,27H,4-5,8-9,16-17,31H2,1H3,(H,33,40)(H,34,39)(H,35,36,37,38)/t21?,24?,27-/m0/s1. The molecule has 0 spiro atoms. The Bertz CT molecular complexity index is 1410. The first-order valence-corrected chi connectivity index (χ1v) is 13.6. The molecule has 1 saturated carbocycles. The molecule has 10 heteroatoms. The van der Waals surface area contributed by atoms with E-state index in [9.17, 15) is 9.59 Å². The molecule has 2 heterocycles. The van der Waals surface area contributed by atoms with Crippen molar-refractivity contribution in [3.63, 3.8) is 0 Å². The van der Waals surface area contributed by atoms with E-state index in [1.165, 1.54) is 0 Å². The smallest absolute Gasteiger partial charge is 0.247 e. The SMILES string of the molecule is Cc1ccncc1-c1ccc(C[C@H](NC(=O)C2CCC(CN)CC2)C(=O)Nc2ccc(-c3nn[nH]n3)cc2)cc1. The molecule has 0 unspecified atom stereocenters. The molecule has 2 aromatic carbocycles. The molecule has 40 heavy (non-hydrogen) atoms. The van der Waals surface area contributed by atoms with Gasteiger partial charge in [-0.2, -0.15) is 5.21 Å². The average molecular weight is 539 g/mol. The average Bonchev–Trinajstić information content (AvgIpc) is 3.53. The number of rotatable bonds is 9. The highest BCUT2D eigenvalue weighted by molar-refractivity contribution is 5.97. The Morgan fingerprint density at radius 2 is 1.73 bits per heavy atom. The van der Waals surface area contributed by atoms with E-state index in [0.29, 0.717) is 30.4 Å². The Morgan fingerprint density at radius 1 is 1.00 bits per heavy atom. The Morgan fingerprint density at radius 3 is 2.38 bits per heavy atom. The van der Waals surface area contributed by atoms with Gasteiger partial charge < -0.3 is 16.4 Å². The molecule has 0 aliphatic heterocycles. The molecule has 0 radical (unpaired) electrons. The Kier molecular flexibility index (Phi) is 8.56. The van der Waals surface area contributed by atoms with E-state index >= 15 is 0 Å². The van der Waals surface area contributed by atoms with Gasteiger partial charge >= 0.3 is 0 Å². The van der Waals surface area contributed by atoms with Gasteiger partial charge in [0.15, 0.2) is 0 Å². The van der Waals surface area contributed by atoms with Gasteiger partial charge in [-0.05, 0) is 97.3 Å². The van der Waals surface area contributed by atoms with Crippen LogP contribution in [0.5, 0.6) is 0 Å². The number of aromatic nitrogens is 5. The van der Waals surface area contributed by atoms with Crippen LogP contribution < -0.4 is 16.4 Å². The molecule has 1 fully saturated rings. The van der Waals surface area contributed by atoms with Gasteiger partial charge in [-0.15, -0.1) is 10.2 Å². The van der Waals surface area contributed by atoms with E-state index in [1.54, 1.807) is 18.3 Å². The number of carbonyl (C=O) groups is 2. The molecule has 0 saturated heterocycles. The molecule has 0 bridgehead atoms. The molecule has 1 aliphatic rings. The van der Waals surface area contributed by atoms with Crippen LogP contribution in [0.1, 0.15) is 36.8 Å². The number of nitrogens with one attached hydrogen (secondary N) is 3. The fourth-order valence-electron chi connectivity index (χ4n) is 5.20. The third-order valence-electron chi connectivity index (χ3n) is 7.68. The van der Waals surface area contributed by atoms with Crippen LogP contribution >= 0.6 is 0 Å². The Labute approximate surface area is 233 Å². The number of nitrogens with two attached hydrogens (primary N) is 1. The number of pyridine rings is 1. The zero-order valence-electron chi connectivity index (χ0n) is 22.5. The second-order valence-electron chi connectivity index (χ2n) is 10.4. The first-order chi connectivity index (χ1) is 19.5. The Balaban J connectivity index is 1.30. The fraction of sp³-hybridized carbons (Fsp3) is 0.333. The zero-order chi connectivity index (χ0) is 27.9. The number of H-pyrrole nitrogens is 1. The number of nitrogens with zero attached hydrogens (tertiary/aromatic N) is 4. The summed E-state index contributed by atoms with van der Waals surface area (Å²) >= 11 is 0. The molecule has 5 N–H and O–H groups in total. The van der Waals surface area contributed by atoms with E-state index in [4.69, 9.17) is 5.73 Å². The highest BCUT2D eigenvalue weighted by Gasteiger charge is 2.29. The predicted molar refractivity (Wildman–Crippen MR) is 153 cm³/mol. The number of amides is 2. The lowest BCUT2D eigenvalue weighted by molar-refractivity contribution is -0.130. The lowest BCUT2D eigenvalue weighted by atomic mass is 9.81. The number of aromatic amines is 1. The second-order valence-corrected chi connectivity index (χ2v) is 10.4. The van der Waals surface area contributed by atoms with Crippen molar-refractivity contribution in [2.24, 2.45) is 17.6 Å². The Hall–Kier alpha value is -4.44. The van der Waals surface area contributed by atoms with Crippen molar-refractivity contribution in [3.05, 3.63) is 78.1 Å². The van der Waals surface area contributed by atoms with Crippen LogP contribution in [0, 0.1) is 18.8 Å². The first-order valence-electron chi connectivity index (χ1n) is 13.6. The van der Waals surface area contributed by atoms with Crippen LogP contribution in [-0.2, 0) is 16.0 Å².